The van der Waals surface area contributed by atoms with E-state index < -0.39 is 0 Å². The van der Waals surface area contributed by atoms with Crippen LogP contribution in [0, 0.1) is 26.7 Å². The Morgan fingerprint density at radius 2 is 1.96 bits per heavy atom. The number of aromatic nitrogens is 4. The number of esters is 1. The normalized spacial score (nSPS) is 15.4. The Labute approximate surface area is 163 Å². The smallest absolute Gasteiger partial charge is 0.309 e. The molecular formula is C20H25N5O3. The van der Waals surface area contributed by atoms with Crippen molar-refractivity contribution in [1.29, 1.82) is 0 Å². The second kappa shape index (κ2) is 7.26. The highest BCUT2D eigenvalue weighted by Crippen LogP contribution is 2.30. The van der Waals surface area contributed by atoms with Crippen molar-refractivity contribution in [3.8, 4) is 11.4 Å². The molecule has 0 saturated carbocycles. The first-order chi connectivity index (χ1) is 13.5. The minimum absolute atomic E-state index is 0.0266. The average molecular weight is 383 g/mol. The molecular weight excluding hydrogens is 358 g/mol. The van der Waals surface area contributed by atoms with Gasteiger partial charge in [0.2, 0.25) is 0 Å². The number of carbonyl (C=O) groups is 1. The van der Waals surface area contributed by atoms with Gasteiger partial charge in [-0.25, -0.2) is 4.98 Å². The van der Waals surface area contributed by atoms with Gasteiger partial charge in [-0.05, 0) is 40.5 Å². The van der Waals surface area contributed by atoms with Crippen LogP contribution in [-0.2, 0) is 9.53 Å². The van der Waals surface area contributed by atoms with Crippen LogP contribution in [0.5, 0.6) is 0 Å². The van der Waals surface area contributed by atoms with Gasteiger partial charge in [-0.15, -0.1) is 0 Å². The average Bonchev–Trinajstić information content (AvgIpc) is 3.29. The molecule has 3 aromatic heterocycles. The largest absolute Gasteiger partial charge is 0.466 e. The van der Waals surface area contributed by atoms with Crippen LogP contribution in [0.15, 0.2) is 16.7 Å². The maximum absolute atomic E-state index is 12.1. The number of nitrogens with zero attached hydrogens (tertiary/aromatic N) is 5. The van der Waals surface area contributed by atoms with Gasteiger partial charge in [-0.3, -0.25) is 4.79 Å². The molecule has 148 valence electrons. The van der Waals surface area contributed by atoms with E-state index in [9.17, 15) is 4.79 Å². The first-order valence-electron chi connectivity index (χ1n) is 9.70. The highest BCUT2D eigenvalue weighted by Gasteiger charge is 2.28. The van der Waals surface area contributed by atoms with Gasteiger partial charge in [0.05, 0.1) is 12.5 Å². The van der Waals surface area contributed by atoms with Crippen LogP contribution in [0.3, 0.4) is 0 Å². The van der Waals surface area contributed by atoms with E-state index in [1.165, 1.54) is 0 Å². The molecule has 1 saturated heterocycles. The van der Waals surface area contributed by atoms with E-state index >= 15 is 0 Å². The van der Waals surface area contributed by atoms with Gasteiger partial charge in [-0.1, -0.05) is 5.16 Å². The van der Waals surface area contributed by atoms with Gasteiger partial charge in [0.25, 0.3) is 0 Å². The number of anilines is 1. The number of aryl methyl sites for hydroxylation is 2. The molecule has 0 unspecified atom stereocenters. The summed E-state index contributed by atoms with van der Waals surface area (Å²) in [4.78, 5) is 19.0. The first-order valence-corrected chi connectivity index (χ1v) is 9.70. The molecule has 0 bridgehead atoms. The zero-order valence-corrected chi connectivity index (χ0v) is 16.7. The van der Waals surface area contributed by atoms with Crippen LogP contribution in [0.4, 0.5) is 5.82 Å². The lowest BCUT2D eigenvalue weighted by Gasteiger charge is -2.33. The quantitative estimate of drug-likeness (QED) is 0.640. The van der Waals surface area contributed by atoms with Crippen molar-refractivity contribution < 1.29 is 14.1 Å². The van der Waals surface area contributed by atoms with Gasteiger partial charge >= 0.3 is 5.97 Å². The lowest BCUT2D eigenvalue weighted by Crippen LogP contribution is -2.38. The highest BCUT2D eigenvalue weighted by atomic mass is 16.5. The molecule has 28 heavy (non-hydrogen) atoms. The first kappa shape index (κ1) is 18.5. The zero-order chi connectivity index (χ0) is 19.8. The standard InChI is InChI=1S/C20H25N5O3/c1-5-27-20(26)15-6-8-24(9-7-15)19-13(3)14(4)21-18-11-16(22-25(18)19)17-10-12(2)28-23-17/h10-11,15H,5-9H2,1-4H3. The molecule has 1 aliphatic rings. The summed E-state index contributed by atoms with van der Waals surface area (Å²) in [5.74, 6) is 1.66. The third-order valence-electron chi connectivity index (χ3n) is 5.36. The second-order valence-corrected chi connectivity index (χ2v) is 7.28. The predicted octanol–water partition coefficient (Wildman–Crippen LogP) is 3.09. The Morgan fingerprint density at radius 3 is 2.61 bits per heavy atom. The molecule has 0 aliphatic carbocycles. The second-order valence-electron chi connectivity index (χ2n) is 7.28. The maximum Gasteiger partial charge on any atom is 0.309 e. The van der Waals surface area contributed by atoms with Gasteiger partial charge in [0.15, 0.2) is 5.65 Å². The molecule has 8 nitrogen and oxygen atoms in total. The summed E-state index contributed by atoms with van der Waals surface area (Å²) in [5, 5.41) is 8.83. The summed E-state index contributed by atoms with van der Waals surface area (Å²) in [6.07, 6.45) is 1.55. The van der Waals surface area contributed by atoms with Gasteiger partial charge < -0.3 is 14.2 Å². The Morgan fingerprint density at radius 1 is 1.21 bits per heavy atom. The van der Waals surface area contributed by atoms with E-state index in [2.05, 4.69) is 17.0 Å². The van der Waals surface area contributed by atoms with E-state index in [1.54, 1.807) is 0 Å². The topological polar surface area (TPSA) is 85.8 Å². The molecule has 0 aromatic carbocycles. The van der Waals surface area contributed by atoms with E-state index in [0.29, 0.717) is 12.3 Å². The number of rotatable bonds is 4. The Bertz CT molecular complexity index is 1010. The van der Waals surface area contributed by atoms with Crippen LogP contribution in [-0.4, -0.2) is 45.4 Å². The lowest BCUT2D eigenvalue weighted by molar-refractivity contribution is -0.148. The molecule has 1 fully saturated rings. The summed E-state index contributed by atoms with van der Waals surface area (Å²) in [7, 11) is 0. The van der Waals surface area contributed by atoms with Crippen molar-refractivity contribution in [2.75, 3.05) is 24.6 Å². The maximum atomic E-state index is 12.1. The zero-order valence-electron chi connectivity index (χ0n) is 16.7. The van der Waals surface area contributed by atoms with Gasteiger partial charge in [0, 0.05) is 36.5 Å². The summed E-state index contributed by atoms with van der Waals surface area (Å²) >= 11 is 0. The Hall–Kier alpha value is -2.90. The van der Waals surface area contributed by atoms with Crippen LogP contribution in [0.25, 0.3) is 17.0 Å². The molecule has 0 N–H and O–H groups in total. The van der Waals surface area contributed by atoms with E-state index in [-0.39, 0.29) is 11.9 Å². The third kappa shape index (κ3) is 3.23. The van der Waals surface area contributed by atoms with E-state index in [4.69, 9.17) is 19.3 Å². The third-order valence-corrected chi connectivity index (χ3v) is 5.36. The fourth-order valence-corrected chi connectivity index (χ4v) is 3.75. The minimum Gasteiger partial charge on any atom is -0.466 e. The monoisotopic (exact) mass is 383 g/mol. The van der Waals surface area contributed by atoms with Crippen LogP contribution >= 0.6 is 0 Å². The summed E-state index contributed by atoms with van der Waals surface area (Å²) < 4.78 is 12.3. The van der Waals surface area contributed by atoms with E-state index in [0.717, 1.165) is 60.1 Å². The molecule has 1 aliphatic heterocycles. The fraction of sp³-hybridized carbons (Fsp3) is 0.500. The molecule has 0 amide bonds. The van der Waals surface area contributed by atoms with Crippen molar-refractivity contribution in [2.24, 2.45) is 5.92 Å². The highest BCUT2D eigenvalue weighted by molar-refractivity contribution is 5.73. The van der Waals surface area contributed by atoms with Crippen molar-refractivity contribution in [2.45, 2.75) is 40.5 Å². The van der Waals surface area contributed by atoms with Crippen LogP contribution < -0.4 is 4.90 Å². The van der Waals surface area contributed by atoms with Crippen molar-refractivity contribution in [3.63, 3.8) is 0 Å². The molecule has 0 atom stereocenters. The molecule has 8 heteroatoms. The minimum atomic E-state index is -0.0855. The number of hydrogen-bond donors (Lipinski definition) is 0. The number of hydrogen-bond acceptors (Lipinski definition) is 7. The van der Waals surface area contributed by atoms with Gasteiger partial charge in [-0.2, -0.15) is 9.61 Å². The van der Waals surface area contributed by atoms with Crippen molar-refractivity contribution in [1.82, 2.24) is 19.8 Å². The summed E-state index contributed by atoms with van der Waals surface area (Å²) in [6, 6.07) is 3.80. The van der Waals surface area contributed by atoms with Crippen molar-refractivity contribution >= 4 is 17.4 Å². The molecule has 4 rings (SSSR count). The Balaban J connectivity index is 1.67. The van der Waals surface area contributed by atoms with Crippen molar-refractivity contribution in [3.05, 3.63) is 29.2 Å². The lowest BCUT2D eigenvalue weighted by atomic mass is 9.96. The summed E-state index contributed by atoms with van der Waals surface area (Å²) in [6.45, 7) is 9.77. The fourth-order valence-electron chi connectivity index (χ4n) is 3.75. The number of ether oxygens (including phenoxy) is 1. The number of piperidine rings is 1. The molecule has 4 heterocycles. The molecule has 0 radical (unpaired) electrons. The number of carbonyl (C=O) groups excluding carboxylic acids is 1. The molecule has 3 aromatic rings. The van der Waals surface area contributed by atoms with Crippen LogP contribution in [0.1, 0.15) is 36.8 Å². The molecule has 0 spiro atoms. The number of fused-ring (bicyclic) bond motifs is 1. The van der Waals surface area contributed by atoms with Gasteiger partial charge in [0.1, 0.15) is 23.0 Å². The predicted molar refractivity (Wildman–Crippen MR) is 104 cm³/mol. The summed E-state index contributed by atoms with van der Waals surface area (Å²) in [5.41, 5.74) is 4.27. The van der Waals surface area contributed by atoms with E-state index in [1.807, 2.05) is 37.4 Å². The van der Waals surface area contributed by atoms with Crippen LogP contribution in [0.2, 0.25) is 0 Å². The SMILES string of the molecule is CCOC(=O)C1CCN(c2c(C)c(C)nc3cc(-c4cc(C)on4)nn23)CC1. The Kier molecular flexibility index (Phi) is 4.78.